The fourth-order valence-electron chi connectivity index (χ4n) is 2.44. The molecular weight excluding hydrogens is 281 g/mol. The highest BCUT2D eigenvalue weighted by molar-refractivity contribution is 7.91. The Balaban J connectivity index is 2.22. The van der Waals surface area contributed by atoms with Crippen molar-refractivity contribution in [3.63, 3.8) is 0 Å². The second-order valence-corrected chi connectivity index (χ2v) is 7.31. The average Bonchev–Trinajstić information content (AvgIpc) is 2.76. The van der Waals surface area contributed by atoms with Gasteiger partial charge in [-0.15, -0.1) is 0 Å². The Morgan fingerprint density at radius 2 is 2.30 bits per heavy atom. The third kappa shape index (κ3) is 3.46. The number of anilines is 1. The number of pyridine rings is 1. The second kappa shape index (κ2) is 6.05. The van der Waals surface area contributed by atoms with Gasteiger partial charge in [-0.2, -0.15) is 0 Å². The quantitative estimate of drug-likeness (QED) is 0.877. The van der Waals surface area contributed by atoms with Crippen molar-refractivity contribution in [1.82, 2.24) is 10.3 Å². The molecule has 7 heteroatoms. The van der Waals surface area contributed by atoms with Crippen molar-refractivity contribution >= 4 is 15.7 Å². The first-order chi connectivity index (χ1) is 9.43. The van der Waals surface area contributed by atoms with E-state index < -0.39 is 9.84 Å². The maximum Gasteiger partial charge on any atom is 0.152 e. The van der Waals surface area contributed by atoms with E-state index in [1.807, 2.05) is 18.9 Å². The second-order valence-electron chi connectivity index (χ2n) is 5.08. The number of nitrogens with one attached hydrogen (secondary N) is 1. The summed E-state index contributed by atoms with van der Waals surface area (Å²) >= 11 is 0. The van der Waals surface area contributed by atoms with Crippen LogP contribution < -0.4 is 10.2 Å². The summed E-state index contributed by atoms with van der Waals surface area (Å²) in [6.07, 6.45) is 1.77. The first-order valence-electron chi connectivity index (χ1n) is 6.71. The van der Waals surface area contributed by atoms with Crippen molar-refractivity contribution in [2.75, 3.05) is 30.0 Å². The molecule has 0 spiro atoms. The van der Waals surface area contributed by atoms with E-state index in [9.17, 15) is 12.8 Å². The molecule has 5 nitrogen and oxygen atoms in total. The minimum Gasteiger partial charge on any atom is -0.355 e. The number of hydrogen-bond acceptors (Lipinski definition) is 5. The number of aromatic nitrogens is 1. The predicted octanol–water partition coefficient (Wildman–Crippen LogP) is 0.953. The summed E-state index contributed by atoms with van der Waals surface area (Å²) in [5, 5.41) is 3.14. The van der Waals surface area contributed by atoms with E-state index in [0.717, 1.165) is 12.1 Å². The van der Waals surface area contributed by atoms with Crippen LogP contribution in [-0.4, -0.2) is 44.5 Å². The molecule has 1 aromatic heterocycles. The van der Waals surface area contributed by atoms with Gasteiger partial charge in [-0.25, -0.2) is 17.8 Å². The lowest BCUT2D eigenvalue weighted by molar-refractivity contribution is 0.599. The Morgan fingerprint density at radius 3 is 2.90 bits per heavy atom. The summed E-state index contributed by atoms with van der Waals surface area (Å²) in [5.41, 5.74) is 0.749. The van der Waals surface area contributed by atoms with Gasteiger partial charge in [-0.1, -0.05) is 6.92 Å². The molecule has 2 heterocycles. The predicted molar refractivity (Wildman–Crippen MR) is 77.0 cm³/mol. The van der Waals surface area contributed by atoms with Gasteiger partial charge in [-0.05, 0) is 19.0 Å². The summed E-state index contributed by atoms with van der Waals surface area (Å²) in [7, 11) is -1.12. The zero-order valence-electron chi connectivity index (χ0n) is 11.8. The maximum absolute atomic E-state index is 13.3. The van der Waals surface area contributed by atoms with Crippen molar-refractivity contribution in [2.24, 2.45) is 0 Å². The van der Waals surface area contributed by atoms with Gasteiger partial charge >= 0.3 is 0 Å². The molecule has 0 radical (unpaired) electrons. The van der Waals surface area contributed by atoms with Crippen LogP contribution in [0.15, 0.2) is 12.3 Å². The number of sulfone groups is 1. The fourth-order valence-corrected chi connectivity index (χ4v) is 4.21. The fraction of sp³-hybridized carbons (Fsp3) is 0.615. The van der Waals surface area contributed by atoms with Crippen molar-refractivity contribution < 1.29 is 12.8 Å². The molecule has 0 amide bonds. The number of halogens is 1. The molecule has 0 aromatic carbocycles. The zero-order valence-corrected chi connectivity index (χ0v) is 12.6. The lowest BCUT2D eigenvalue weighted by atomic mass is 10.2. The molecule has 1 aliphatic rings. The molecule has 1 fully saturated rings. The first-order valence-corrected chi connectivity index (χ1v) is 8.53. The SMILES string of the molecule is CCNCc1cc(F)cnc1N(C)C1CCS(=O)(=O)C1. The summed E-state index contributed by atoms with van der Waals surface area (Å²) in [5.74, 6) is 0.623. The lowest BCUT2D eigenvalue weighted by Gasteiger charge is -2.26. The van der Waals surface area contributed by atoms with Crippen LogP contribution in [0, 0.1) is 5.82 Å². The highest BCUT2D eigenvalue weighted by Gasteiger charge is 2.32. The molecule has 1 N–H and O–H groups in total. The summed E-state index contributed by atoms with van der Waals surface area (Å²) < 4.78 is 36.5. The molecule has 1 aliphatic heterocycles. The van der Waals surface area contributed by atoms with Crippen molar-refractivity contribution in [1.29, 1.82) is 0 Å². The summed E-state index contributed by atoms with van der Waals surface area (Å²) in [4.78, 5) is 6.00. The Morgan fingerprint density at radius 1 is 1.55 bits per heavy atom. The molecule has 20 heavy (non-hydrogen) atoms. The van der Waals surface area contributed by atoms with Gasteiger partial charge in [0.05, 0.1) is 17.7 Å². The largest absolute Gasteiger partial charge is 0.355 e. The van der Waals surface area contributed by atoms with E-state index in [4.69, 9.17) is 0 Å². The number of hydrogen-bond donors (Lipinski definition) is 1. The Labute approximate surface area is 119 Å². The molecule has 1 saturated heterocycles. The van der Waals surface area contributed by atoms with Gasteiger partial charge in [0.1, 0.15) is 11.6 Å². The average molecular weight is 301 g/mol. The minimum atomic E-state index is -2.95. The standard InChI is InChI=1S/C13H20FN3O2S/c1-3-15-7-10-6-11(14)8-16-13(10)17(2)12-4-5-20(18,19)9-12/h6,8,12,15H,3-5,7,9H2,1-2H3. The van der Waals surface area contributed by atoms with Crippen LogP contribution in [0.2, 0.25) is 0 Å². The van der Waals surface area contributed by atoms with Gasteiger partial charge in [0.15, 0.2) is 9.84 Å². The van der Waals surface area contributed by atoms with E-state index in [0.29, 0.717) is 18.8 Å². The van der Waals surface area contributed by atoms with Crippen molar-refractivity contribution in [3.8, 4) is 0 Å². The number of rotatable bonds is 5. The molecule has 112 valence electrons. The molecule has 0 bridgehead atoms. The van der Waals surface area contributed by atoms with Crippen LogP contribution >= 0.6 is 0 Å². The third-order valence-electron chi connectivity index (χ3n) is 3.57. The van der Waals surface area contributed by atoms with Crippen LogP contribution in [0.1, 0.15) is 18.9 Å². The van der Waals surface area contributed by atoms with E-state index in [1.165, 1.54) is 12.3 Å². The molecule has 1 aromatic rings. The monoisotopic (exact) mass is 301 g/mol. The van der Waals surface area contributed by atoms with E-state index in [-0.39, 0.29) is 23.4 Å². The topological polar surface area (TPSA) is 62.3 Å². The van der Waals surface area contributed by atoms with Gasteiger partial charge in [0.2, 0.25) is 0 Å². The van der Waals surface area contributed by atoms with Crippen LogP contribution in [0.3, 0.4) is 0 Å². The van der Waals surface area contributed by atoms with Crippen LogP contribution in [0.25, 0.3) is 0 Å². The van der Waals surface area contributed by atoms with E-state index in [2.05, 4.69) is 10.3 Å². The molecular formula is C13H20FN3O2S. The van der Waals surface area contributed by atoms with Crippen molar-refractivity contribution in [2.45, 2.75) is 25.9 Å². The van der Waals surface area contributed by atoms with Crippen LogP contribution in [-0.2, 0) is 16.4 Å². The molecule has 0 saturated carbocycles. The van der Waals surface area contributed by atoms with Gasteiger partial charge < -0.3 is 10.2 Å². The smallest absolute Gasteiger partial charge is 0.152 e. The van der Waals surface area contributed by atoms with E-state index >= 15 is 0 Å². The lowest BCUT2D eigenvalue weighted by Crippen LogP contribution is -2.34. The van der Waals surface area contributed by atoms with Gasteiger partial charge in [-0.3, -0.25) is 0 Å². The Hall–Kier alpha value is -1.21. The van der Waals surface area contributed by atoms with Gasteiger partial charge in [0, 0.05) is 25.2 Å². The molecule has 1 atom stereocenters. The Bertz CT molecular complexity index is 577. The van der Waals surface area contributed by atoms with Gasteiger partial charge in [0.25, 0.3) is 0 Å². The highest BCUT2D eigenvalue weighted by Crippen LogP contribution is 2.24. The Kier molecular flexibility index (Phi) is 4.59. The summed E-state index contributed by atoms with van der Waals surface area (Å²) in [6, 6.07) is 1.36. The minimum absolute atomic E-state index is 0.0849. The summed E-state index contributed by atoms with van der Waals surface area (Å²) in [6.45, 7) is 3.26. The highest BCUT2D eigenvalue weighted by atomic mass is 32.2. The normalized spacial score (nSPS) is 21.1. The first kappa shape index (κ1) is 15.2. The van der Waals surface area contributed by atoms with E-state index in [1.54, 1.807) is 0 Å². The van der Waals surface area contributed by atoms with Crippen LogP contribution in [0.4, 0.5) is 10.2 Å². The maximum atomic E-state index is 13.3. The third-order valence-corrected chi connectivity index (χ3v) is 5.32. The number of nitrogens with zero attached hydrogens (tertiary/aromatic N) is 2. The van der Waals surface area contributed by atoms with Crippen molar-refractivity contribution in [3.05, 3.63) is 23.6 Å². The molecule has 0 aliphatic carbocycles. The molecule has 1 unspecified atom stereocenters. The molecule has 2 rings (SSSR count). The zero-order chi connectivity index (χ0) is 14.8. The van der Waals surface area contributed by atoms with Crippen LogP contribution in [0.5, 0.6) is 0 Å².